The third kappa shape index (κ3) is 4.81. The first-order valence-electron chi connectivity index (χ1n) is 5.51. The minimum Gasteiger partial charge on any atom is -0.383 e. The van der Waals surface area contributed by atoms with Crippen LogP contribution in [0.5, 0.6) is 0 Å². The van der Waals surface area contributed by atoms with Gasteiger partial charge < -0.3 is 10.7 Å². The SMILES string of the molecule is Nc1cc(=O)[nH]c(SCCSc2ccc(Cl)cc2)n1. The smallest absolute Gasteiger partial charge is 0.253 e. The molecule has 2 aromatic rings. The molecule has 0 saturated heterocycles. The van der Waals surface area contributed by atoms with E-state index in [2.05, 4.69) is 9.97 Å². The highest BCUT2D eigenvalue weighted by Gasteiger charge is 2.00. The molecule has 7 heteroatoms. The van der Waals surface area contributed by atoms with E-state index in [-0.39, 0.29) is 11.4 Å². The second kappa shape index (κ2) is 6.88. The molecule has 100 valence electrons. The zero-order valence-corrected chi connectivity index (χ0v) is 12.3. The van der Waals surface area contributed by atoms with Crippen LogP contribution >= 0.6 is 35.1 Å². The van der Waals surface area contributed by atoms with Crippen molar-refractivity contribution in [3.05, 3.63) is 45.7 Å². The third-order valence-corrected chi connectivity index (χ3v) is 4.54. The minimum atomic E-state index is -0.222. The standard InChI is InChI=1S/C12H12ClN3OS2/c13-8-1-3-9(4-2-8)18-5-6-19-12-15-10(14)7-11(17)16-12/h1-4,7H,5-6H2,(H3,14,15,16,17). The first-order valence-corrected chi connectivity index (χ1v) is 7.86. The summed E-state index contributed by atoms with van der Waals surface area (Å²) >= 11 is 9.02. The number of nitrogens with zero attached hydrogens (tertiary/aromatic N) is 1. The molecule has 0 aliphatic heterocycles. The highest BCUT2D eigenvalue weighted by molar-refractivity contribution is 8.02. The number of aromatic amines is 1. The van der Waals surface area contributed by atoms with Crippen LogP contribution in [0.1, 0.15) is 0 Å². The number of nitrogen functional groups attached to an aromatic ring is 1. The molecule has 0 radical (unpaired) electrons. The minimum absolute atomic E-state index is 0.222. The van der Waals surface area contributed by atoms with Crippen molar-refractivity contribution in [1.82, 2.24) is 9.97 Å². The Labute approximate surface area is 124 Å². The van der Waals surface area contributed by atoms with Gasteiger partial charge in [0.25, 0.3) is 5.56 Å². The number of thioether (sulfide) groups is 2. The second-order valence-electron chi connectivity index (χ2n) is 3.63. The Morgan fingerprint density at radius 2 is 1.89 bits per heavy atom. The Morgan fingerprint density at radius 3 is 2.58 bits per heavy atom. The fourth-order valence-electron chi connectivity index (χ4n) is 1.35. The molecule has 1 aromatic heterocycles. The molecule has 1 aromatic carbocycles. The highest BCUT2D eigenvalue weighted by atomic mass is 35.5. The average molecular weight is 314 g/mol. The normalized spacial score (nSPS) is 10.6. The van der Waals surface area contributed by atoms with Crippen molar-refractivity contribution >= 4 is 40.9 Å². The van der Waals surface area contributed by atoms with Gasteiger partial charge in [-0.2, -0.15) is 0 Å². The number of benzene rings is 1. The number of aromatic nitrogens is 2. The largest absolute Gasteiger partial charge is 0.383 e. The Bertz CT molecular complexity index is 601. The number of H-pyrrole nitrogens is 1. The van der Waals surface area contributed by atoms with Gasteiger partial charge in [0, 0.05) is 27.5 Å². The maximum Gasteiger partial charge on any atom is 0.253 e. The summed E-state index contributed by atoms with van der Waals surface area (Å²) in [5.41, 5.74) is 5.28. The summed E-state index contributed by atoms with van der Waals surface area (Å²) in [6.45, 7) is 0. The summed E-state index contributed by atoms with van der Waals surface area (Å²) in [6.07, 6.45) is 0. The molecule has 0 bridgehead atoms. The number of anilines is 1. The summed E-state index contributed by atoms with van der Waals surface area (Å²) < 4.78 is 0. The molecule has 3 N–H and O–H groups in total. The Morgan fingerprint density at radius 1 is 1.21 bits per heavy atom. The van der Waals surface area contributed by atoms with Crippen molar-refractivity contribution in [3.63, 3.8) is 0 Å². The van der Waals surface area contributed by atoms with Crippen LogP contribution in [0, 0.1) is 0 Å². The van der Waals surface area contributed by atoms with Gasteiger partial charge in [0.05, 0.1) is 0 Å². The van der Waals surface area contributed by atoms with Gasteiger partial charge in [-0.25, -0.2) is 4.98 Å². The van der Waals surface area contributed by atoms with Gasteiger partial charge in [-0.1, -0.05) is 23.4 Å². The van der Waals surface area contributed by atoms with Crippen LogP contribution in [-0.4, -0.2) is 21.5 Å². The summed E-state index contributed by atoms with van der Waals surface area (Å²) in [7, 11) is 0. The van der Waals surface area contributed by atoms with Crippen LogP contribution < -0.4 is 11.3 Å². The molecule has 0 aliphatic rings. The lowest BCUT2D eigenvalue weighted by Crippen LogP contribution is -2.09. The van der Waals surface area contributed by atoms with Gasteiger partial charge >= 0.3 is 0 Å². The predicted octanol–water partition coefficient (Wildman–Crippen LogP) is 2.89. The van der Waals surface area contributed by atoms with Gasteiger partial charge in [-0.3, -0.25) is 4.79 Å². The van der Waals surface area contributed by atoms with Crippen molar-refractivity contribution in [2.24, 2.45) is 0 Å². The van der Waals surface area contributed by atoms with Gasteiger partial charge in [0.15, 0.2) is 5.16 Å². The monoisotopic (exact) mass is 313 g/mol. The number of nitrogens with two attached hydrogens (primary N) is 1. The molecular formula is C12H12ClN3OS2. The van der Waals surface area contributed by atoms with E-state index in [4.69, 9.17) is 17.3 Å². The second-order valence-corrected chi connectivity index (χ2v) is 6.31. The van der Waals surface area contributed by atoms with E-state index in [0.717, 1.165) is 16.5 Å². The fraction of sp³-hybridized carbons (Fsp3) is 0.167. The molecule has 1 heterocycles. The maximum atomic E-state index is 11.2. The molecule has 0 fully saturated rings. The van der Waals surface area contributed by atoms with E-state index < -0.39 is 0 Å². The molecule has 0 atom stereocenters. The van der Waals surface area contributed by atoms with Crippen LogP contribution in [0.25, 0.3) is 0 Å². The van der Waals surface area contributed by atoms with Crippen LogP contribution in [0.2, 0.25) is 5.02 Å². The number of rotatable bonds is 5. The van der Waals surface area contributed by atoms with E-state index in [0.29, 0.717) is 5.16 Å². The van der Waals surface area contributed by atoms with E-state index in [1.807, 2.05) is 24.3 Å². The van der Waals surface area contributed by atoms with Crippen molar-refractivity contribution < 1.29 is 0 Å². The fourth-order valence-corrected chi connectivity index (χ4v) is 3.24. The Kier molecular flexibility index (Phi) is 5.18. The van der Waals surface area contributed by atoms with Crippen molar-refractivity contribution in [2.45, 2.75) is 10.1 Å². The van der Waals surface area contributed by atoms with Crippen molar-refractivity contribution in [2.75, 3.05) is 17.2 Å². The van der Waals surface area contributed by atoms with Crippen LogP contribution in [0.4, 0.5) is 5.82 Å². The zero-order valence-electron chi connectivity index (χ0n) is 9.93. The Hall–Kier alpha value is -1.11. The Balaban J connectivity index is 1.80. The summed E-state index contributed by atoms with van der Waals surface area (Å²) in [4.78, 5) is 19.0. The van der Waals surface area contributed by atoms with E-state index in [1.165, 1.54) is 22.7 Å². The predicted molar refractivity (Wildman–Crippen MR) is 82.2 cm³/mol. The van der Waals surface area contributed by atoms with Gasteiger partial charge in [-0.15, -0.1) is 11.8 Å². The molecule has 0 amide bonds. The lowest BCUT2D eigenvalue weighted by molar-refractivity contribution is 0.946. The molecule has 0 spiro atoms. The van der Waals surface area contributed by atoms with Crippen LogP contribution in [0.15, 0.2) is 45.2 Å². The van der Waals surface area contributed by atoms with Crippen molar-refractivity contribution in [3.8, 4) is 0 Å². The quantitative estimate of drug-likeness (QED) is 0.504. The molecule has 0 unspecified atom stereocenters. The lowest BCUT2D eigenvalue weighted by atomic mass is 10.4. The lowest BCUT2D eigenvalue weighted by Gasteiger charge is -2.02. The van der Waals surface area contributed by atoms with E-state index in [1.54, 1.807) is 11.8 Å². The van der Waals surface area contributed by atoms with Gasteiger partial charge in [-0.05, 0) is 24.3 Å². The maximum absolute atomic E-state index is 11.2. The first kappa shape index (κ1) is 14.3. The zero-order chi connectivity index (χ0) is 13.7. The summed E-state index contributed by atoms with van der Waals surface area (Å²) in [6, 6.07) is 8.98. The van der Waals surface area contributed by atoms with Crippen molar-refractivity contribution in [1.29, 1.82) is 0 Å². The molecule has 19 heavy (non-hydrogen) atoms. The average Bonchev–Trinajstić information content (AvgIpc) is 2.36. The van der Waals surface area contributed by atoms with E-state index in [9.17, 15) is 4.79 Å². The number of hydrogen-bond acceptors (Lipinski definition) is 5. The highest BCUT2D eigenvalue weighted by Crippen LogP contribution is 2.22. The summed E-state index contributed by atoms with van der Waals surface area (Å²) in [5.74, 6) is 1.99. The molecule has 4 nitrogen and oxygen atoms in total. The molecular weight excluding hydrogens is 302 g/mol. The molecule has 2 rings (SSSR count). The number of halogens is 1. The van der Waals surface area contributed by atoms with Gasteiger partial charge in [0.1, 0.15) is 5.82 Å². The molecule has 0 saturated carbocycles. The summed E-state index contributed by atoms with van der Waals surface area (Å²) in [5, 5.41) is 1.29. The third-order valence-electron chi connectivity index (χ3n) is 2.14. The van der Waals surface area contributed by atoms with Gasteiger partial charge in [0.2, 0.25) is 0 Å². The number of hydrogen-bond donors (Lipinski definition) is 2. The topological polar surface area (TPSA) is 71.8 Å². The molecule has 0 aliphatic carbocycles. The number of nitrogens with one attached hydrogen (secondary N) is 1. The van der Waals surface area contributed by atoms with Crippen LogP contribution in [0.3, 0.4) is 0 Å². The van der Waals surface area contributed by atoms with Crippen LogP contribution in [-0.2, 0) is 0 Å². The van der Waals surface area contributed by atoms with E-state index >= 15 is 0 Å². The first-order chi connectivity index (χ1) is 9.13.